The standard InChI is InChI=1S/C13H29NO2S/c1-7-17(15,16)9-8-13(6,11(2)3)10-14-12(4)5/h11-12,14H,7-10H2,1-6H3. The number of hydrogen-bond donors (Lipinski definition) is 1. The predicted molar refractivity (Wildman–Crippen MR) is 75.0 cm³/mol. The van der Waals surface area contributed by atoms with Crippen molar-refractivity contribution in [2.45, 2.75) is 54.0 Å². The molecule has 17 heavy (non-hydrogen) atoms. The number of rotatable bonds is 8. The van der Waals surface area contributed by atoms with Gasteiger partial charge in [-0.2, -0.15) is 0 Å². The maximum absolute atomic E-state index is 11.6. The van der Waals surface area contributed by atoms with Crippen LogP contribution in [-0.2, 0) is 9.84 Å². The summed E-state index contributed by atoms with van der Waals surface area (Å²) in [5.74, 6) is 1.03. The van der Waals surface area contributed by atoms with Crippen LogP contribution in [0.15, 0.2) is 0 Å². The van der Waals surface area contributed by atoms with Gasteiger partial charge in [0.05, 0.1) is 5.75 Å². The molecule has 1 unspecified atom stereocenters. The Balaban J connectivity index is 4.52. The van der Waals surface area contributed by atoms with Crippen LogP contribution in [0, 0.1) is 11.3 Å². The molecule has 0 heterocycles. The van der Waals surface area contributed by atoms with E-state index in [0.29, 0.717) is 17.7 Å². The SMILES string of the molecule is CCS(=O)(=O)CCC(C)(CNC(C)C)C(C)C. The molecule has 0 fully saturated rings. The van der Waals surface area contributed by atoms with Gasteiger partial charge in [0.15, 0.2) is 0 Å². The second-order valence-corrected chi connectivity index (χ2v) is 8.30. The lowest BCUT2D eigenvalue weighted by Gasteiger charge is -2.35. The Morgan fingerprint density at radius 1 is 1.18 bits per heavy atom. The third kappa shape index (κ3) is 6.41. The minimum absolute atomic E-state index is 0.0481. The average molecular weight is 263 g/mol. The summed E-state index contributed by atoms with van der Waals surface area (Å²) < 4.78 is 23.2. The molecule has 0 saturated heterocycles. The second-order valence-electron chi connectivity index (χ2n) is 5.83. The van der Waals surface area contributed by atoms with Crippen molar-refractivity contribution in [3.05, 3.63) is 0 Å². The third-order valence-corrected chi connectivity index (χ3v) is 5.44. The van der Waals surface area contributed by atoms with Gasteiger partial charge in [-0.1, -0.05) is 41.5 Å². The maximum Gasteiger partial charge on any atom is 0.150 e. The van der Waals surface area contributed by atoms with Gasteiger partial charge in [-0.15, -0.1) is 0 Å². The number of sulfone groups is 1. The van der Waals surface area contributed by atoms with Gasteiger partial charge in [0, 0.05) is 18.3 Å². The van der Waals surface area contributed by atoms with E-state index in [1.165, 1.54) is 0 Å². The first-order valence-corrected chi connectivity index (χ1v) is 8.39. The van der Waals surface area contributed by atoms with Crippen molar-refractivity contribution in [2.75, 3.05) is 18.1 Å². The zero-order valence-electron chi connectivity index (χ0n) is 12.2. The minimum Gasteiger partial charge on any atom is -0.314 e. The van der Waals surface area contributed by atoms with Gasteiger partial charge in [0.2, 0.25) is 0 Å². The number of hydrogen-bond acceptors (Lipinski definition) is 3. The van der Waals surface area contributed by atoms with E-state index in [1.807, 2.05) is 0 Å². The zero-order valence-corrected chi connectivity index (χ0v) is 13.0. The van der Waals surface area contributed by atoms with Crippen LogP contribution in [0.2, 0.25) is 0 Å². The van der Waals surface area contributed by atoms with E-state index in [1.54, 1.807) is 6.92 Å². The quantitative estimate of drug-likeness (QED) is 0.732. The van der Waals surface area contributed by atoms with Crippen molar-refractivity contribution in [1.29, 1.82) is 0 Å². The normalized spacial score (nSPS) is 16.5. The number of nitrogens with one attached hydrogen (secondary N) is 1. The lowest BCUT2D eigenvalue weighted by Crippen LogP contribution is -2.40. The topological polar surface area (TPSA) is 46.2 Å². The van der Waals surface area contributed by atoms with E-state index in [0.717, 1.165) is 13.0 Å². The molecule has 0 spiro atoms. The monoisotopic (exact) mass is 263 g/mol. The van der Waals surface area contributed by atoms with Gasteiger partial charge in [-0.25, -0.2) is 8.42 Å². The highest BCUT2D eigenvalue weighted by atomic mass is 32.2. The predicted octanol–water partition coefficient (Wildman–Crippen LogP) is 2.47. The highest BCUT2D eigenvalue weighted by molar-refractivity contribution is 7.91. The van der Waals surface area contributed by atoms with Crippen LogP contribution >= 0.6 is 0 Å². The Hall–Kier alpha value is -0.0900. The lowest BCUT2D eigenvalue weighted by atomic mass is 9.76. The Labute approximate surface area is 107 Å². The molecule has 0 radical (unpaired) electrons. The molecule has 1 N–H and O–H groups in total. The molecule has 0 amide bonds. The summed E-state index contributed by atoms with van der Waals surface area (Å²) in [6, 6.07) is 0.441. The van der Waals surface area contributed by atoms with Crippen molar-refractivity contribution in [1.82, 2.24) is 5.32 Å². The Bertz CT molecular complexity index is 309. The first-order chi connectivity index (χ1) is 7.63. The van der Waals surface area contributed by atoms with Gasteiger partial charge < -0.3 is 5.32 Å². The van der Waals surface area contributed by atoms with Crippen molar-refractivity contribution < 1.29 is 8.42 Å². The van der Waals surface area contributed by atoms with E-state index in [2.05, 4.69) is 39.9 Å². The van der Waals surface area contributed by atoms with E-state index >= 15 is 0 Å². The fourth-order valence-corrected chi connectivity index (χ4v) is 2.62. The van der Waals surface area contributed by atoms with Crippen molar-refractivity contribution >= 4 is 9.84 Å². The van der Waals surface area contributed by atoms with Crippen LogP contribution in [0.3, 0.4) is 0 Å². The second kappa shape index (κ2) is 6.74. The molecule has 0 aliphatic heterocycles. The summed E-state index contributed by atoms with van der Waals surface area (Å²) in [7, 11) is -2.85. The summed E-state index contributed by atoms with van der Waals surface area (Å²) in [4.78, 5) is 0. The van der Waals surface area contributed by atoms with E-state index in [4.69, 9.17) is 0 Å². The molecule has 1 atom stereocenters. The molecule has 0 aromatic heterocycles. The highest BCUT2D eigenvalue weighted by Crippen LogP contribution is 2.31. The van der Waals surface area contributed by atoms with Crippen LogP contribution in [0.5, 0.6) is 0 Å². The largest absolute Gasteiger partial charge is 0.314 e. The molecule has 0 aromatic carbocycles. The van der Waals surface area contributed by atoms with Gasteiger partial charge in [0.25, 0.3) is 0 Å². The first kappa shape index (κ1) is 16.9. The smallest absolute Gasteiger partial charge is 0.150 e. The first-order valence-electron chi connectivity index (χ1n) is 6.57. The van der Waals surface area contributed by atoms with Crippen LogP contribution in [0.25, 0.3) is 0 Å². The van der Waals surface area contributed by atoms with Crippen LogP contribution in [0.4, 0.5) is 0 Å². The molecule has 0 aliphatic rings. The summed E-state index contributed by atoms with van der Waals surface area (Å²) in [6.45, 7) is 13.3. The lowest BCUT2D eigenvalue weighted by molar-refractivity contribution is 0.196. The summed E-state index contributed by atoms with van der Waals surface area (Å²) in [6.07, 6.45) is 0.737. The van der Waals surface area contributed by atoms with Crippen LogP contribution < -0.4 is 5.32 Å². The fraction of sp³-hybridized carbons (Fsp3) is 1.00. The van der Waals surface area contributed by atoms with Crippen LogP contribution in [0.1, 0.15) is 48.0 Å². The highest BCUT2D eigenvalue weighted by Gasteiger charge is 2.29. The molecule has 0 saturated carbocycles. The average Bonchev–Trinajstić information content (AvgIpc) is 2.23. The molecule has 0 aliphatic carbocycles. The summed E-state index contributed by atoms with van der Waals surface area (Å²) >= 11 is 0. The molecule has 0 aromatic rings. The molecule has 0 rings (SSSR count). The molecule has 4 heteroatoms. The Morgan fingerprint density at radius 2 is 1.71 bits per heavy atom. The minimum atomic E-state index is -2.85. The van der Waals surface area contributed by atoms with Gasteiger partial charge >= 0.3 is 0 Å². The van der Waals surface area contributed by atoms with Crippen molar-refractivity contribution in [3.63, 3.8) is 0 Å². The van der Waals surface area contributed by atoms with E-state index in [-0.39, 0.29) is 11.2 Å². The summed E-state index contributed by atoms with van der Waals surface area (Å²) in [5.41, 5.74) is 0.0481. The fourth-order valence-electron chi connectivity index (χ4n) is 1.55. The maximum atomic E-state index is 11.6. The van der Waals surface area contributed by atoms with Crippen molar-refractivity contribution in [3.8, 4) is 0 Å². The van der Waals surface area contributed by atoms with E-state index < -0.39 is 9.84 Å². The van der Waals surface area contributed by atoms with E-state index in [9.17, 15) is 8.42 Å². The summed E-state index contributed by atoms with van der Waals surface area (Å²) in [5, 5.41) is 3.43. The van der Waals surface area contributed by atoms with Gasteiger partial charge in [-0.05, 0) is 17.8 Å². The molecular formula is C13H29NO2S. The zero-order chi connectivity index (χ0) is 13.7. The molecular weight excluding hydrogens is 234 g/mol. The van der Waals surface area contributed by atoms with Gasteiger partial charge in [0.1, 0.15) is 9.84 Å². The Kier molecular flexibility index (Phi) is 6.70. The molecule has 104 valence electrons. The van der Waals surface area contributed by atoms with Crippen molar-refractivity contribution in [2.24, 2.45) is 11.3 Å². The molecule has 0 bridgehead atoms. The Morgan fingerprint density at radius 3 is 2.06 bits per heavy atom. The van der Waals surface area contributed by atoms with Gasteiger partial charge in [-0.3, -0.25) is 0 Å². The van der Waals surface area contributed by atoms with Crippen LogP contribution in [-0.4, -0.2) is 32.5 Å². The molecule has 3 nitrogen and oxygen atoms in total. The third-order valence-electron chi connectivity index (χ3n) is 3.73.